The molecule has 0 atom stereocenters. The molecule has 0 radical (unpaired) electrons. The molecule has 0 N–H and O–H groups in total. The van der Waals surface area contributed by atoms with Crippen LogP contribution in [0.5, 0.6) is 0 Å². The number of aryl methyl sites for hydroxylation is 2. The molecule has 0 bridgehead atoms. The number of piperidine rings is 1. The van der Waals surface area contributed by atoms with Crippen molar-refractivity contribution in [2.24, 2.45) is 7.05 Å². The van der Waals surface area contributed by atoms with Gasteiger partial charge in [-0.2, -0.15) is 0 Å². The Hall–Kier alpha value is -2.74. The number of hydrogen-bond donors (Lipinski definition) is 0. The lowest BCUT2D eigenvalue weighted by molar-refractivity contribution is -0.132. The molecule has 29 heavy (non-hydrogen) atoms. The van der Waals surface area contributed by atoms with Gasteiger partial charge in [-0.15, -0.1) is 10.2 Å². The fourth-order valence-electron chi connectivity index (χ4n) is 4.00. The molecule has 1 amide bonds. The van der Waals surface area contributed by atoms with Gasteiger partial charge in [0.05, 0.1) is 5.25 Å². The zero-order chi connectivity index (χ0) is 20.4. The first-order valence-electron chi connectivity index (χ1n) is 9.79. The molecule has 0 aliphatic carbocycles. The first kappa shape index (κ1) is 19.6. The number of sulfone groups is 1. The summed E-state index contributed by atoms with van der Waals surface area (Å²) in [6, 6.07) is 14.3. The van der Waals surface area contributed by atoms with Gasteiger partial charge in [0.2, 0.25) is 20.9 Å². The highest BCUT2D eigenvalue weighted by Crippen LogP contribution is 2.24. The smallest absolute Gasteiger partial charge is 0.249 e. The number of rotatable bonds is 5. The van der Waals surface area contributed by atoms with Crippen LogP contribution in [0.1, 0.15) is 24.8 Å². The lowest BCUT2D eigenvalue weighted by Gasteiger charge is -2.31. The lowest BCUT2D eigenvalue weighted by atomic mass is 10.0. The third-order valence-electron chi connectivity index (χ3n) is 5.65. The van der Waals surface area contributed by atoms with Gasteiger partial charge in [-0.05, 0) is 35.6 Å². The van der Waals surface area contributed by atoms with Crippen LogP contribution in [0.25, 0.3) is 10.8 Å². The molecule has 2 heterocycles. The molecule has 4 rings (SSSR count). The fraction of sp³-hybridized carbons (Fsp3) is 0.381. The van der Waals surface area contributed by atoms with E-state index in [0.717, 1.165) is 5.56 Å². The minimum Gasteiger partial charge on any atom is -0.343 e. The van der Waals surface area contributed by atoms with E-state index in [-0.39, 0.29) is 11.1 Å². The Balaban J connectivity index is 1.36. The summed E-state index contributed by atoms with van der Waals surface area (Å²) in [5.74, 6) is 0.0763. The zero-order valence-corrected chi connectivity index (χ0v) is 17.2. The summed E-state index contributed by atoms with van der Waals surface area (Å²) < 4.78 is 26.9. The zero-order valence-electron chi connectivity index (χ0n) is 16.4. The van der Waals surface area contributed by atoms with Crippen molar-refractivity contribution in [2.45, 2.75) is 36.1 Å². The van der Waals surface area contributed by atoms with Gasteiger partial charge in [0.15, 0.2) is 0 Å². The van der Waals surface area contributed by atoms with E-state index in [4.69, 9.17) is 0 Å². The van der Waals surface area contributed by atoms with Gasteiger partial charge in [-0.1, -0.05) is 42.5 Å². The molecule has 8 heteroatoms. The predicted molar refractivity (Wildman–Crippen MR) is 110 cm³/mol. The Morgan fingerprint density at radius 3 is 2.55 bits per heavy atom. The molecule has 1 aromatic heterocycles. The molecule has 1 aliphatic heterocycles. The molecule has 3 aromatic rings. The lowest BCUT2D eigenvalue weighted by Crippen LogP contribution is -2.43. The van der Waals surface area contributed by atoms with Gasteiger partial charge in [0.1, 0.15) is 6.33 Å². The number of fused-ring (bicyclic) bond motifs is 1. The van der Waals surface area contributed by atoms with Crippen molar-refractivity contribution >= 4 is 26.5 Å². The fourth-order valence-corrected chi connectivity index (χ4v) is 5.74. The molecule has 1 saturated heterocycles. The second kappa shape index (κ2) is 7.94. The van der Waals surface area contributed by atoms with E-state index in [1.54, 1.807) is 11.9 Å². The predicted octanol–water partition coefficient (Wildman–Crippen LogP) is 2.37. The summed E-state index contributed by atoms with van der Waals surface area (Å²) in [6.07, 6.45) is 3.34. The van der Waals surface area contributed by atoms with E-state index in [0.29, 0.717) is 38.8 Å². The van der Waals surface area contributed by atoms with Crippen molar-refractivity contribution in [1.82, 2.24) is 19.7 Å². The third kappa shape index (κ3) is 3.89. The van der Waals surface area contributed by atoms with E-state index >= 15 is 0 Å². The largest absolute Gasteiger partial charge is 0.343 e. The average molecular weight is 413 g/mol. The maximum absolute atomic E-state index is 12.8. The molecule has 0 saturated carbocycles. The van der Waals surface area contributed by atoms with Crippen molar-refractivity contribution < 1.29 is 13.2 Å². The third-order valence-corrected chi connectivity index (χ3v) is 7.87. The second-order valence-corrected chi connectivity index (χ2v) is 9.61. The summed E-state index contributed by atoms with van der Waals surface area (Å²) in [7, 11) is -1.90. The highest BCUT2D eigenvalue weighted by molar-refractivity contribution is 7.91. The maximum atomic E-state index is 12.8. The van der Waals surface area contributed by atoms with E-state index in [9.17, 15) is 13.2 Å². The van der Waals surface area contributed by atoms with E-state index in [1.165, 1.54) is 21.7 Å². The number of benzene rings is 2. The minimum absolute atomic E-state index is 0.00164. The summed E-state index contributed by atoms with van der Waals surface area (Å²) in [5.41, 5.74) is 1.16. The Labute approximate surface area is 170 Å². The highest BCUT2D eigenvalue weighted by atomic mass is 32.2. The topological polar surface area (TPSA) is 85.2 Å². The molecular formula is C21H24N4O3S. The molecule has 1 fully saturated rings. The standard InChI is InChI=1S/C21H24N4O3S/c1-24-15-22-23-21(24)29(27,28)18-11-13-25(14-12-18)20(26)10-9-17-7-4-6-16-5-2-3-8-19(16)17/h2-8,15,18H,9-14H2,1H3. The quantitative estimate of drug-likeness (QED) is 0.642. The SMILES string of the molecule is Cn1cnnc1S(=O)(=O)C1CCN(C(=O)CCc2cccc3ccccc23)CC1. The Kier molecular flexibility index (Phi) is 5.36. The van der Waals surface area contributed by atoms with Crippen LogP contribution >= 0.6 is 0 Å². The van der Waals surface area contributed by atoms with Crippen LogP contribution in [0.2, 0.25) is 0 Å². The molecular weight excluding hydrogens is 388 g/mol. The normalized spacial score (nSPS) is 15.7. The van der Waals surface area contributed by atoms with Crippen molar-refractivity contribution in [1.29, 1.82) is 0 Å². The van der Waals surface area contributed by atoms with E-state index in [2.05, 4.69) is 34.5 Å². The van der Waals surface area contributed by atoms with Gasteiger partial charge in [-0.3, -0.25) is 4.79 Å². The van der Waals surface area contributed by atoms with E-state index in [1.807, 2.05) is 18.2 Å². The van der Waals surface area contributed by atoms with Crippen molar-refractivity contribution in [2.75, 3.05) is 13.1 Å². The van der Waals surface area contributed by atoms with Gasteiger partial charge in [0, 0.05) is 26.6 Å². The minimum atomic E-state index is -3.53. The van der Waals surface area contributed by atoms with Gasteiger partial charge in [0.25, 0.3) is 0 Å². The number of carbonyl (C=O) groups is 1. The van der Waals surface area contributed by atoms with Crippen LogP contribution in [0, 0.1) is 0 Å². The number of nitrogens with zero attached hydrogens (tertiary/aromatic N) is 4. The van der Waals surface area contributed by atoms with Crippen LogP contribution in [-0.4, -0.2) is 52.3 Å². The maximum Gasteiger partial charge on any atom is 0.249 e. The van der Waals surface area contributed by atoms with Crippen molar-refractivity contribution in [3.05, 3.63) is 54.4 Å². The van der Waals surface area contributed by atoms with Gasteiger partial charge >= 0.3 is 0 Å². The summed E-state index contributed by atoms with van der Waals surface area (Å²) in [5, 5.41) is 9.25. The first-order valence-corrected chi connectivity index (χ1v) is 11.3. The molecule has 152 valence electrons. The molecule has 0 unspecified atom stereocenters. The number of carbonyl (C=O) groups excluding carboxylic acids is 1. The number of hydrogen-bond acceptors (Lipinski definition) is 5. The average Bonchev–Trinajstić information content (AvgIpc) is 3.19. The van der Waals surface area contributed by atoms with Crippen LogP contribution in [0.15, 0.2) is 53.9 Å². The van der Waals surface area contributed by atoms with Crippen LogP contribution in [0.4, 0.5) is 0 Å². The Morgan fingerprint density at radius 1 is 1.10 bits per heavy atom. The van der Waals surface area contributed by atoms with Crippen LogP contribution < -0.4 is 0 Å². The Morgan fingerprint density at radius 2 is 1.83 bits per heavy atom. The second-order valence-electron chi connectivity index (χ2n) is 7.49. The molecule has 0 spiro atoms. The summed E-state index contributed by atoms with van der Waals surface area (Å²) >= 11 is 0. The van der Waals surface area contributed by atoms with Crippen molar-refractivity contribution in [3.8, 4) is 0 Å². The van der Waals surface area contributed by atoms with Crippen molar-refractivity contribution in [3.63, 3.8) is 0 Å². The van der Waals surface area contributed by atoms with Crippen LogP contribution in [0.3, 0.4) is 0 Å². The number of likely N-dealkylation sites (tertiary alicyclic amines) is 1. The monoisotopic (exact) mass is 412 g/mol. The number of aromatic nitrogens is 3. The van der Waals surface area contributed by atoms with E-state index < -0.39 is 15.1 Å². The summed E-state index contributed by atoms with van der Waals surface area (Å²) in [4.78, 5) is 14.5. The van der Waals surface area contributed by atoms with Crippen LogP contribution in [-0.2, 0) is 28.1 Å². The number of amides is 1. The van der Waals surface area contributed by atoms with Gasteiger partial charge in [-0.25, -0.2) is 8.42 Å². The summed E-state index contributed by atoms with van der Waals surface area (Å²) in [6.45, 7) is 0.909. The van der Waals surface area contributed by atoms with Gasteiger partial charge < -0.3 is 9.47 Å². The first-order chi connectivity index (χ1) is 14.0. The molecule has 1 aliphatic rings. The molecule has 7 nitrogen and oxygen atoms in total. The highest BCUT2D eigenvalue weighted by Gasteiger charge is 2.35. The Bertz CT molecular complexity index is 1130. The molecule has 2 aromatic carbocycles.